The molecule has 7 amide bonds. The van der Waals surface area contributed by atoms with E-state index in [0.717, 1.165) is 58.7 Å². The molecule has 6 fully saturated rings. The molecule has 13 rings (SSSR count). The maximum atomic E-state index is 15.3. The molecule has 1 spiro atoms. The summed E-state index contributed by atoms with van der Waals surface area (Å²) in [5.41, 5.74) is 5.41. The number of rotatable bonds is 11. The van der Waals surface area contributed by atoms with E-state index < -0.39 is 35.1 Å². The number of likely N-dealkylation sites (tertiary alicyclic amines) is 3. The van der Waals surface area contributed by atoms with Crippen molar-refractivity contribution in [1.29, 1.82) is 0 Å². The van der Waals surface area contributed by atoms with Gasteiger partial charge in [0, 0.05) is 85.5 Å². The van der Waals surface area contributed by atoms with Gasteiger partial charge in [0.05, 0.1) is 39.8 Å². The molecule has 0 radical (unpaired) electrons. The first kappa shape index (κ1) is 52.8. The highest BCUT2D eigenvalue weighted by molar-refractivity contribution is 6.25. The Morgan fingerprint density at radius 1 is 0.728 bits per heavy atom. The summed E-state index contributed by atoms with van der Waals surface area (Å²) in [6.07, 6.45) is 12.3. The quantitative estimate of drug-likeness (QED) is 0.108. The second kappa shape index (κ2) is 21.1. The zero-order chi connectivity index (χ0) is 55.8. The number of para-hydroxylation sites is 1. The molecule has 2 aromatic heterocycles. The van der Waals surface area contributed by atoms with Crippen LogP contribution in [0.2, 0.25) is 0 Å². The number of imide groups is 2. The second-order valence-corrected chi connectivity index (χ2v) is 24.2. The summed E-state index contributed by atoms with van der Waals surface area (Å²) >= 11 is 0. The minimum absolute atomic E-state index is 0.0335. The Kier molecular flexibility index (Phi) is 13.7. The average molecular weight is 1100 g/mol. The van der Waals surface area contributed by atoms with Crippen LogP contribution in [-0.4, -0.2) is 139 Å². The first-order valence-electron chi connectivity index (χ1n) is 29.5. The molecular weight excluding hydrogens is 1030 g/mol. The van der Waals surface area contributed by atoms with E-state index in [1.807, 2.05) is 26.5 Å². The van der Waals surface area contributed by atoms with Crippen LogP contribution in [0.3, 0.4) is 0 Å². The minimum Gasteiger partial charge on any atom is -0.382 e. The number of nitrogens with one attached hydrogen (secondary N) is 3. The first-order valence-corrected chi connectivity index (χ1v) is 29.5. The summed E-state index contributed by atoms with van der Waals surface area (Å²) in [6, 6.07) is 19.4. The lowest BCUT2D eigenvalue weighted by molar-refractivity contribution is -0.144. The van der Waals surface area contributed by atoms with Gasteiger partial charge in [0.25, 0.3) is 11.8 Å². The molecule has 422 valence electrons. The molecule has 3 N–H and O–H groups in total. The van der Waals surface area contributed by atoms with Gasteiger partial charge in [0.15, 0.2) is 5.82 Å². The monoisotopic (exact) mass is 1100 g/mol. The Morgan fingerprint density at radius 2 is 1.43 bits per heavy atom. The minimum atomic E-state index is -1.05. The van der Waals surface area contributed by atoms with Crippen LogP contribution >= 0.6 is 0 Å². The predicted octanol–water partition coefficient (Wildman–Crippen LogP) is 8.10. The third-order valence-electron chi connectivity index (χ3n) is 19.3. The maximum Gasteiger partial charge on any atom is 0.264 e. The molecule has 18 nitrogen and oxygen atoms in total. The number of fused-ring (bicyclic) bond motifs is 4. The van der Waals surface area contributed by atoms with Gasteiger partial charge in [-0.1, -0.05) is 36.8 Å². The van der Waals surface area contributed by atoms with Crippen molar-refractivity contribution in [3.63, 3.8) is 0 Å². The molecule has 1 unspecified atom stereocenters. The van der Waals surface area contributed by atoms with E-state index in [4.69, 9.17) is 9.97 Å². The molecule has 2 saturated carbocycles. The van der Waals surface area contributed by atoms with Crippen LogP contribution in [0.5, 0.6) is 0 Å². The average Bonchev–Trinajstić information content (AvgIpc) is 4.29. The van der Waals surface area contributed by atoms with Crippen molar-refractivity contribution in [3.8, 4) is 11.3 Å². The second-order valence-electron chi connectivity index (χ2n) is 24.2. The lowest BCUT2D eigenvalue weighted by Crippen LogP contribution is -2.58. The van der Waals surface area contributed by atoms with Crippen LogP contribution in [0.25, 0.3) is 22.3 Å². The number of halogens is 1. The molecule has 19 heteroatoms. The van der Waals surface area contributed by atoms with Crippen LogP contribution in [-0.2, 0) is 29.4 Å². The normalized spacial score (nSPS) is 25.1. The number of aromatic nitrogens is 3. The maximum absolute atomic E-state index is 15.3. The highest BCUT2D eigenvalue weighted by Crippen LogP contribution is 2.53. The van der Waals surface area contributed by atoms with E-state index in [-0.39, 0.29) is 77.5 Å². The Labute approximate surface area is 470 Å². The van der Waals surface area contributed by atoms with Crippen molar-refractivity contribution in [2.75, 3.05) is 54.8 Å². The number of benzene rings is 3. The third kappa shape index (κ3) is 9.32. The molecule has 81 heavy (non-hydrogen) atoms. The molecule has 3 aromatic carbocycles. The summed E-state index contributed by atoms with van der Waals surface area (Å²) < 4.78 is 17.2. The summed E-state index contributed by atoms with van der Waals surface area (Å²) in [4.78, 5) is 115. The zero-order valence-corrected chi connectivity index (χ0v) is 46.1. The number of piperidine rings is 4. The van der Waals surface area contributed by atoms with Crippen LogP contribution in [0.15, 0.2) is 73.1 Å². The predicted molar refractivity (Wildman–Crippen MR) is 302 cm³/mol. The zero-order valence-electron chi connectivity index (χ0n) is 46.1. The molecule has 6 aliphatic heterocycles. The summed E-state index contributed by atoms with van der Waals surface area (Å²) in [7, 11) is 0. The fourth-order valence-corrected chi connectivity index (χ4v) is 14.6. The highest BCUT2D eigenvalue weighted by atomic mass is 19.1. The van der Waals surface area contributed by atoms with Gasteiger partial charge in [0.2, 0.25) is 29.5 Å². The lowest BCUT2D eigenvalue weighted by atomic mass is 9.73. The molecular formula is C62H70FN11O7. The molecule has 4 saturated heterocycles. The first-order chi connectivity index (χ1) is 39.2. The van der Waals surface area contributed by atoms with Crippen LogP contribution in [0.4, 0.5) is 27.3 Å². The molecule has 0 bridgehead atoms. The van der Waals surface area contributed by atoms with Gasteiger partial charge >= 0.3 is 0 Å². The third-order valence-corrected chi connectivity index (χ3v) is 19.3. The van der Waals surface area contributed by atoms with E-state index in [2.05, 4.69) is 51.7 Å². The van der Waals surface area contributed by atoms with E-state index in [1.165, 1.54) is 25.3 Å². The van der Waals surface area contributed by atoms with Gasteiger partial charge < -0.3 is 34.8 Å². The molecule has 8 aliphatic rings. The fraction of sp³-hybridized carbons (Fsp3) is 0.500. The van der Waals surface area contributed by atoms with Gasteiger partial charge in [-0.3, -0.25) is 43.8 Å². The van der Waals surface area contributed by atoms with Crippen molar-refractivity contribution < 1.29 is 38.0 Å². The van der Waals surface area contributed by atoms with Crippen LogP contribution in [0.1, 0.15) is 142 Å². The number of carbonyl (C=O) groups is 7. The molecule has 1 atom stereocenters. The van der Waals surface area contributed by atoms with Crippen LogP contribution < -0.4 is 20.9 Å². The van der Waals surface area contributed by atoms with Crippen molar-refractivity contribution in [1.82, 2.24) is 39.5 Å². The number of hydrogen-bond donors (Lipinski definition) is 3. The Bertz CT molecular complexity index is 3380. The number of imidazole rings is 1. The molecule has 5 aromatic rings. The number of nitrogens with zero attached hydrogens (tertiary/aromatic N) is 8. The molecule has 2 aliphatic carbocycles. The van der Waals surface area contributed by atoms with Gasteiger partial charge in [-0.2, -0.15) is 0 Å². The topological polar surface area (TPSA) is 202 Å². The number of carbonyl (C=O) groups excluding carboxylic acids is 7. The summed E-state index contributed by atoms with van der Waals surface area (Å²) in [5.74, 6) is -2.12. The number of anilines is 4. The van der Waals surface area contributed by atoms with E-state index in [1.54, 1.807) is 42.7 Å². The van der Waals surface area contributed by atoms with Crippen LogP contribution in [0, 0.1) is 17.7 Å². The highest BCUT2D eigenvalue weighted by Gasteiger charge is 2.56. The van der Waals surface area contributed by atoms with Gasteiger partial charge in [-0.25, -0.2) is 14.4 Å². The standard InChI is InChI=1S/C62H70FN11O7/c1-36(2)72-35-64-49-34-48(67-55(54(49)72)66-46-11-5-4-10-45(46)63)39-15-18-44-51(31-39)73(42-32-41(33-42)69-25-6-3-7-26-69)61(81)62(44)23-29-71(30-24-62)58(78)38-21-27-70(28-22-38)57(77)37-13-16-40(17-14-37)65-47-12-8-9-43-53(47)60(80)74(59(43)79)50-19-20-52(75)68-56(50)76/h4-5,8-12,15,18,31,34-38,40-42,50,65H,3,6-7,13-14,16-17,19-30,32-33H2,1-2H3,(H,66,67)(H,68,75,76)/t37-,40-,41-,42+,50?. The Hall–Kier alpha value is -7.54. The van der Waals surface area contributed by atoms with Gasteiger partial charge in [-0.05, 0) is 152 Å². The smallest absolute Gasteiger partial charge is 0.264 e. The number of pyridine rings is 1. The van der Waals surface area contributed by atoms with E-state index in [9.17, 15) is 28.8 Å². The van der Waals surface area contributed by atoms with E-state index in [0.29, 0.717) is 106 Å². The largest absolute Gasteiger partial charge is 0.382 e. The number of amides is 7. The van der Waals surface area contributed by atoms with E-state index >= 15 is 9.18 Å². The Balaban J connectivity index is 0.659. The summed E-state index contributed by atoms with van der Waals surface area (Å²) in [6.45, 7) is 8.29. The fourth-order valence-electron chi connectivity index (χ4n) is 14.6. The van der Waals surface area contributed by atoms with Crippen molar-refractivity contribution in [2.45, 2.75) is 146 Å². The number of hydrogen-bond acceptors (Lipinski definition) is 12. The Morgan fingerprint density at radius 3 is 2.15 bits per heavy atom. The van der Waals surface area contributed by atoms with Crippen molar-refractivity contribution >= 4 is 75.3 Å². The van der Waals surface area contributed by atoms with Crippen molar-refractivity contribution in [2.24, 2.45) is 11.8 Å². The van der Waals surface area contributed by atoms with Gasteiger partial charge in [-0.15, -0.1) is 0 Å². The SMILES string of the molecule is CC(C)n1cnc2cc(-c3ccc4c(c3)N([C@H]3C[C@@H](N5CCCCC5)C3)C(=O)C43CCN(C(=O)C4CCN(C(=O)[C@H]5CC[C@H](Nc6cccc7c6C(=O)N(C6CCC(=O)NC6=O)C7=O)CC5)CC4)CC3)nc(Nc3ccccc3F)c21. The van der Waals surface area contributed by atoms with Gasteiger partial charge in [0.1, 0.15) is 17.4 Å². The molecule has 8 heterocycles. The van der Waals surface area contributed by atoms with Crippen molar-refractivity contribution in [3.05, 3.63) is 95.6 Å². The lowest BCUT2D eigenvalue weighted by Gasteiger charge is -2.48. The summed E-state index contributed by atoms with van der Waals surface area (Å²) in [5, 5.41) is 9.00.